The third-order valence-electron chi connectivity index (χ3n) is 7.02. The number of amides is 1. The zero-order valence-electron chi connectivity index (χ0n) is 21.3. The summed E-state index contributed by atoms with van der Waals surface area (Å²) in [5, 5.41) is 11.8. The first-order chi connectivity index (χ1) is 18.2. The Kier molecular flexibility index (Phi) is 8.05. The monoisotopic (exact) mass is 502 g/mol. The van der Waals surface area contributed by atoms with Gasteiger partial charge >= 0.3 is 0 Å². The molecule has 3 aromatic rings. The van der Waals surface area contributed by atoms with E-state index in [4.69, 9.17) is 4.74 Å². The predicted octanol–water partition coefficient (Wildman–Crippen LogP) is 2.10. The molecule has 0 bridgehead atoms. The van der Waals surface area contributed by atoms with Crippen molar-refractivity contribution in [2.75, 3.05) is 69.3 Å². The van der Waals surface area contributed by atoms with Crippen LogP contribution in [-0.4, -0.2) is 90.4 Å². The van der Waals surface area contributed by atoms with Gasteiger partial charge in [-0.05, 0) is 32.0 Å². The molecule has 37 heavy (non-hydrogen) atoms. The van der Waals surface area contributed by atoms with Crippen LogP contribution in [-0.2, 0) is 4.79 Å². The molecule has 4 heterocycles. The smallest absolute Gasteiger partial charge is 0.223 e. The first kappa shape index (κ1) is 24.9. The summed E-state index contributed by atoms with van der Waals surface area (Å²) in [6.07, 6.45) is 3.11. The molecule has 2 aromatic heterocycles. The topological polar surface area (TPSA) is 99.6 Å². The lowest BCUT2D eigenvalue weighted by atomic mass is 9.96. The molecule has 1 N–H and O–H groups in total. The SMILES string of the molecule is CN1CCN(c2cc(OCCNC(=O)C3CCN(c4ccc(-c5ccccc5)nn4)CC3)ncn2)CC1. The molecule has 5 rings (SSSR count). The maximum absolute atomic E-state index is 12.7. The van der Waals surface area contributed by atoms with Crippen LogP contribution in [0.3, 0.4) is 0 Å². The maximum Gasteiger partial charge on any atom is 0.223 e. The van der Waals surface area contributed by atoms with E-state index in [1.165, 1.54) is 6.33 Å². The highest BCUT2D eigenvalue weighted by molar-refractivity contribution is 5.79. The molecule has 10 heteroatoms. The zero-order valence-corrected chi connectivity index (χ0v) is 21.3. The molecule has 2 saturated heterocycles. The van der Waals surface area contributed by atoms with E-state index < -0.39 is 0 Å². The molecule has 10 nitrogen and oxygen atoms in total. The third-order valence-corrected chi connectivity index (χ3v) is 7.02. The largest absolute Gasteiger partial charge is 0.476 e. The van der Waals surface area contributed by atoms with E-state index in [2.05, 4.69) is 47.2 Å². The van der Waals surface area contributed by atoms with Crippen molar-refractivity contribution in [3.63, 3.8) is 0 Å². The molecule has 0 saturated carbocycles. The van der Waals surface area contributed by atoms with Crippen LogP contribution in [0.2, 0.25) is 0 Å². The van der Waals surface area contributed by atoms with Crippen LogP contribution >= 0.6 is 0 Å². The number of nitrogens with one attached hydrogen (secondary N) is 1. The normalized spacial score (nSPS) is 17.0. The number of hydrogen-bond donors (Lipinski definition) is 1. The Hall–Kier alpha value is -3.79. The number of aromatic nitrogens is 4. The summed E-state index contributed by atoms with van der Waals surface area (Å²) in [5.41, 5.74) is 1.91. The molecule has 2 aliphatic rings. The number of rotatable bonds is 8. The molecule has 0 spiro atoms. The van der Waals surface area contributed by atoms with Gasteiger partial charge in [0, 0.05) is 56.8 Å². The van der Waals surface area contributed by atoms with Crippen molar-refractivity contribution < 1.29 is 9.53 Å². The maximum atomic E-state index is 12.7. The molecule has 2 fully saturated rings. The van der Waals surface area contributed by atoms with Gasteiger partial charge in [-0.2, -0.15) is 0 Å². The molecular formula is C27H34N8O2. The Balaban J connectivity index is 1.03. The van der Waals surface area contributed by atoms with Crippen molar-refractivity contribution in [3.05, 3.63) is 54.9 Å². The number of likely N-dealkylation sites (N-methyl/N-ethyl adjacent to an activating group) is 1. The van der Waals surface area contributed by atoms with E-state index in [0.717, 1.165) is 75.0 Å². The van der Waals surface area contributed by atoms with Crippen molar-refractivity contribution in [1.82, 2.24) is 30.4 Å². The quantitative estimate of drug-likeness (QED) is 0.464. The van der Waals surface area contributed by atoms with Crippen molar-refractivity contribution >= 4 is 17.5 Å². The Morgan fingerprint density at radius 3 is 2.41 bits per heavy atom. The first-order valence-corrected chi connectivity index (χ1v) is 13.0. The van der Waals surface area contributed by atoms with Crippen LogP contribution in [0.4, 0.5) is 11.6 Å². The van der Waals surface area contributed by atoms with E-state index in [9.17, 15) is 4.79 Å². The lowest BCUT2D eigenvalue weighted by Crippen LogP contribution is -2.44. The summed E-state index contributed by atoms with van der Waals surface area (Å²) in [7, 11) is 2.13. The molecule has 0 aliphatic carbocycles. The Morgan fingerprint density at radius 1 is 0.919 bits per heavy atom. The molecule has 1 amide bonds. The molecule has 2 aliphatic heterocycles. The Morgan fingerprint density at radius 2 is 1.68 bits per heavy atom. The lowest BCUT2D eigenvalue weighted by Gasteiger charge is -2.33. The summed E-state index contributed by atoms with van der Waals surface area (Å²) in [4.78, 5) is 28.0. The van der Waals surface area contributed by atoms with Crippen molar-refractivity contribution in [2.45, 2.75) is 12.8 Å². The van der Waals surface area contributed by atoms with Gasteiger partial charge in [0.2, 0.25) is 11.8 Å². The number of carbonyl (C=O) groups is 1. The number of nitrogens with zero attached hydrogens (tertiary/aromatic N) is 7. The van der Waals surface area contributed by atoms with Crippen LogP contribution < -0.4 is 19.9 Å². The predicted molar refractivity (Wildman–Crippen MR) is 143 cm³/mol. The summed E-state index contributed by atoms with van der Waals surface area (Å²) < 4.78 is 5.79. The molecule has 0 unspecified atom stereocenters. The summed E-state index contributed by atoms with van der Waals surface area (Å²) in [6, 6.07) is 15.9. The van der Waals surface area contributed by atoms with Gasteiger partial charge in [0.05, 0.1) is 12.2 Å². The fourth-order valence-electron chi connectivity index (χ4n) is 4.72. The molecule has 194 valence electrons. The highest BCUT2D eigenvalue weighted by atomic mass is 16.5. The van der Waals surface area contributed by atoms with E-state index in [1.807, 2.05) is 48.5 Å². The van der Waals surface area contributed by atoms with Crippen LogP contribution in [0.25, 0.3) is 11.3 Å². The van der Waals surface area contributed by atoms with E-state index in [0.29, 0.717) is 19.0 Å². The molecule has 0 radical (unpaired) electrons. The fourth-order valence-corrected chi connectivity index (χ4v) is 4.72. The van der Waals surface area contributed by atoms with Crippen molar-refractivity contribution in [2.24, 2.45) is 5.92 Å². The van der Waals surface area contributed by atoms with E-state index >= 15 is 0 Å². The van der Waals surface area contributed by atoms with Crippen LogP contribution in [0.15, 0.2) is 54.9 Å². The standard InChI is InChI=1S/C27H34N8O2/c1-33-14-16-35(17-15-33)25-19-26(30-20-29-25)37-18-11-28-27(36)22-9-12-34(13-10-22)24-8-7-23(31-32-24)21-5-3-2-4-6-21/h2-8,19-20,22H,9-18H2,1H3,(H,28,36). The second kappa shape index (κ2) is 12.0. The second-order valence-corrected chi connectivity index (χ2v) is 9.55. The number of anilines is 2. The summed E-state index contributed by atoms with van der Waals surface area (Å²) >= 11 is 0. The third kappa shape index (κ3) is 6.51. The number of ether oxygens (including phenoxy) is 1. The Labute approximate surface area is 217 Å². The van der Waals surface area contributed by atoms with Gasteiger partial charge in [0.25, 0.3) is 0 Å². The van der Waals surface area contributed by atoms with Gasteiger partial charge in [0.1, 0.15) is 18.8 Å². The van der Waals surface area contributed by atoms with Gasteiger partial charge in [-0.25, -0.2) is 9.97 Å². The van der Waals surface area contributed by atoms with Gasteiger partial charge in [0.15, 0.2) is 5.82 Å². The van der Waals surface area contributed by atoms with Crippen molar-refractivity contribution in [3.8, 4) is 17.1 Å². The minimum absolute atomic E-state index is 0.00399. The second-order valence-electron chi connectivity index (χ2n) is 9.55. The zero-order chi connectivity index (χ0) is 25.5. The van der Waals surface area contributed by atoms with Crippen LogP contribution in [0.1, 0.15) is 12.8 Å². The number of benzene rings is 1. The van der Waals surface area contributed by atoms with Gasteiger partial charge in [-0.3, -0.25) is 4.79 Å². The van der Waals surface area contributed by atoms with Gasteiger partial charge in [-0.1, -0.05) is 30.3 Å². The summed E-state index contributed by atoms with van der Waals surface area (Å²) in [5.74, 6) is 2.34. The average molecular weight is 503 g/mol. The average Bonchev–Trinajstić information content (AvgIpc) is 2.96. The Bertz CT molecular complexity index is 1140. The van der Waals surface area contributed by atoms with E-state index in [-0.39, 0.29) is 11.8 Å². The van der Waals surface area contributed by atoms with Crippen LogP contribution in [0.5, 0.6) is 5.88 Å². The van der Waals surface area contributed by atoms with E-state index in [1.54, 1.807) is 0 Å². The molecule has 1 aromatic carbocycles. The highest BCUT2D eigenvalue weighted by Gasteiger charge is 2.25. The molecular weight excluding hydrogens is 468 g/mol. The minimum atomic E-state index is -0.00399. The van der Waals surface area contributed by atoms with Crippen molar-refractivity contribution in [1.29, 1.82) is 0 Å². The first-order valence-electron chi connectivity index (χ1n) is 13.0. The fraction of sp³-hybridized carbons (Fsp3) is 0.444. The molecule has 0 atom stereocenters. The summed E-state index contributed by atoms with van der Waals surface area (Å²) in [6.45, 7) is 6.28. The van der Waals surface area contributed by atoms with Gasteiger partial charge < -0.3 is 24.8 Å². The number of piperidine rings is 1. The highest BCUT2D eigenvalue weighted by Crippen LogP contribution is 2.23. The van der Waals surface area contributed by atoms with Crippen LogP contribution in [0, 0.1) is 5.92 Å². The number of carbonyl (C=O) groups excluding carboxylic acids is 1. The lowest BCUT2D eigenvalue weighted by molar-refractivity contribution is -0.125. The number of hydrogen-bond acceptors (Lipinski definition) is 9. The minimum Gasteiger partial charge on any atom is -0.476 e. The number of piperazine rings is 1. The van der Waals surface area contributed by atoms with Gasteiger partial charge in [-0.15, -0.1) is 10.2 Å².